The van der Waals surface area contributed by atoms with Gasteiger partial charge in [0.25, 0.3) is 0 Å². The molecule has 0 atom stereocenters. The number of aryl methyl sites for hydroxylation is 1. The first-order valence-electron chi connectivity index (χ1n) is 8.99. The topological polar surface area (TPSA) is 63.9 Å². The molecule has 136 valence electrons. The number of aromatic amines is 1. The van der Waals surface area contributed by atoms with Gasteiger partial charge in [0.05, 0.1) is 5.69 Å². The summed E-state index contributed by atoms with van der Waals surface area (Å²) in [5, 5.41) is 0.979. The number of H-pyrrole nitrogens is 1. The molecule has 0 fully saturated rings. The first-order valence-corrected chi connectivity index (χ1v) is 8.99. The number of fused-ring (bicyclic) bond motifs is 1. The minimum Gasteiger partial charge on any atom is -0.457 e. The molecule has 28 heavy (non-hydrogen) atoms. The van der Waals surface area contributed by atoms with E-state index in [1.807, 2.05) is 73.9 Å². The molecule has 3 heterocycles. The highest BCUT2D eigenvalue weighted by molar-refractivity contribution is 5.95. The average Bonchev–Trinajstić information content (AvgIpc) is 3.34. The number of benzene rings is 2. The third-order valence-electron chi connectivity index (χ3n) is 4.69. The second-order valence-electron chi connectivity index (χ2n) is 6.50. The van der Waals surface area contributed by atoms with Gasteiger partial charge in [-0.1, -0.05) is 36.4 Å². The van der Waals surface area contributed by atoms with Crippen molar-refractivity contribution >= 4 is 11.0 Å². The average molecular weight is 367 g/mol. The maximum atomic E-state index is 6.11. The van der Waals surface area contributed by atoms with E-state index >= 15 is 0 Å². The Morgan fingerprint density at radius 1 is 0.929 bits per heavy atom. The minimum absolute atomic E-state index is 0.749. The quantitative estimate of drug-likeness (QED) is 0.424. The molecule has 2 aromatic carbocycles. The number of para-hydroxylation sites is 2. The SMILES string of the molecule is Cc1ncoc1-c1c[nH]c2ncc(-c3ccccc3Oc3ccccc3)cc12. The number of aromatic nitrogens is 3. The Labute approximate surface area is 161 Å². The molecule has 5 rings (SSSR count). The molecule has 5 aromatic rings. The van der Waals surface area contributed by atoms with Crippen molar-refractivity contribution in [2.24, 2.45) is 0 Å². The zero-order valence-corrected chi connectivity index (χ0v) is 15.2. The van der Waals surface area contributed by atoms with Gasteiger partial charge in [0, 0.05) is 34.5 Å². The van der Waals surface area contributed by atoms with Crippen LogP contribution in [0.4, 0.5) is 0 Å². The van der Waals surface area contributed by atoms with Crippen LogP contribution in [-0.2, 0) is 0 Å². The fourth-order valence-electron chi connectivity index (χ4n) is 3.31. The van der Waals surface area contributed by atoms with Crippen molar-refractivity contribution in [3.63, 3.8) is 0 Å². The van der Waals surface area contributed by atoms with Crippen molar-refractivity contribution in [1.29, 1.82) is 0 Å². The lowest BCUT2D eigenvalue weighted by molar-refractivity contribution is 0.484. The van der Waals surface area contributed by atoms with Crippen LogP contribution in [0, 0.1) is 6.92 Å². The Bertz CT molecular complexity index is 1260. The van der Waals surface area contributed by atoms with Crippen LogP contribution in [0.1, 0.15) is 5.69 Å². The highest BCUT2D eigenvalue weighted by Crippen LogP contribution is 2.36. The highest BCUT2D eigenvalue weighted by Gasteiger charge is 2.15. The zero-order chi connectivity index (χ0) is 18.9. The maximum absolute atomic E-state index is 6.11. The number of nitrogens with zero attached hydrogens (tertiary/aromatic N) is 2. The van der Waals surface area contributed by atoms with Crippen molar-refractivity contribution in [3.8, 4) is 33.9 Å². The largest absolute Gasteiger partial charge is 0.457 e. The third-order valence-corrected chi connectivity index (χ3v) is 4.69. The Morgan fingerprint density at radius 3 is 2.57 bits per heavy atom. The predicted octanol–water partition coefficient (Wildman–Crippen LogP) is 5.99. The van der Waals surface area contributed by atoms with Crippen molar-refractivity contribution in [3.05, 3.63) is 85.1 Å². The van der Waals surface area contributed by atoms with Gasteiger partial charge in [-0.15, -0.1) is 0 Å². The van der Waals surface area contributed by atoms with Gasteiger partial charge in [-0.3, -0.25) is 0 Å². The number of nitrogens with one attached hydrogen (secondary N) is 1. The van der Waals surface area contributed by atoms with Crippen LogP contribution >= 0.6 is 0 Å². The summed E-state index contributed by atoms with van der Waals surface area (Å²) in [5.74, 6) is 2.32. The second-order valence-corrected chi connectivity index (χ2v) is 6.50. The van der Waals surface area contributed by atoms with Crippen LogP contribution in [0.5, 0.6) is 11.5 Å². The van der Waals surface area contributed by atoms with Crippen LogP contribution in [0.2, 0.25) is 0 Å². The Hall–Kier alpha value is -3.86. The molecule has 0 unspecified atom stereocenters. The van der Waals surface area contributed by atoms with E-state index in [1.54, 1.807) is 0 Å². The monoisotopic (exact) mass is 367 g/mol. The van der Waals surface area contributed by atoms with E-state index in [2.05, 4.69) is 21.0 Å². The fraction of sp³-hybridized carbons (Fsp3) is 0.0435. The van der Waals surface area contributed by atoms with E-state index in [9.17, 15) is 0 Å². The number of pyridine rings is 1. The lowest BCUT2D eigenvalue weighted by Gasteiger charge is -2.11. The molecule has 0 spiro atoms. The molecular formula is C23H17N3O2. The van der Waals surface area contributed by atoms with E-state index < -0.39 is 0 Å². The van der Waals surface area contributed by atoms with Gasteiger partial charge in [0.2, 0.25) is 0 Å². The summed E-state index contributed by atoms with van der Waals surface area (Å²) >= 11 is 0. The van der Waals surface area contributed by atoms with Crippen LogP contribution < -0.4 is 4.74 Å². The second kappa shape index (κ2) is 6.70. The first kappa shape index (κ1) is 16.3. The van der Waals surface area contributed by atoms with Gasteiger partial charge in [-0.2, -0.15) is 0 Å². The Kier molecular flexibility index (Phi) is 3.91. The fourth-order valence-corrected chi connectivity index (χ4v) is 3.31. The molecule has 0 aliphatic heterocycles. The summed E-state index contributed by atoms with van der Waals surface area (Å²) < 4.78 is 11.7. The van der Waals surface area contributed by atoms with Gasteiger partial charge >= 0.3 is 0 Å². The first-order chi connectivity index (χ1) is 13.8. The molecule has 0 aliphatic rings. The summed E-state index contributed by atoms with van der Waals surface area (Å²) in [4.78, 5) is 12.0. The third kappa shape index (κ3) is 2.83. The summed E-state index contributed by atoms with van der Waals surface area (Å²) in [6, 6.07) is 19.8. The smallest absolute Gasteiger partial charge is 0.181 e. The summed E-state index contributed by atoms with van der Waals surface area (Å²) in [7, 11) is 0. The van der Waals surface area contributed by atoms with E-state index in [0.717, 1.165) is 50.7 Å². The number of hydrogen-bond acceptors (Lipinski definition) is 4. The molecule has 0 aliphatic carbocycles. The van der Waals surface area contributed by atoms with E-state index in [-0.39, 0.29) is 0 Å². The molecule has 5 heteroatoms. The van der Waals surface area contributed by atoms with E-state index in [1.165, 1.54) is 6.39 Å². The van der Waals surface area contributed by atoms with Crippen molar-refractivity contribution in [2.75, 3.05) is 0 Å². The predicted molar refractivity (Wildman–Crippen MR) is 108 cm³/mol. The summed E-state index contributed by atoms with van der Waals surface area (Å²) in [6.45, 7) is 1.93. The van der Waals surface area contributed by atoms with Crippen LogP contribution in [0.15, 0.2) is 83.9 Å². The highest BCUT2D eigenvalue weighted by atomic mass is 16.5. The van der Waals surface area contributed by atoms with Gasteiger partial charge in [-0.25, -0.2) is 9.97 Å². The Balaban J connectivity index is 1.62. The van der Waals surface area contributed by atoms with Crippen LogP contribution in [-0.4, -0.2) is 15.0 Å². The molecule has 3 aromatic heterocycles. The van der Waals surface area contributed by atoms with Gasteiger partial charge in [0.15, 0.2) is 12.2 Å². The van der Waals surface area contributed by atoms with Gasteiger partial charge < -0.3 is 14.1 Å². The lowest BCUT2D eigenvalue weighted by Crippen LogP contribution is -1.89. The summed E-state index contributed by atoms with van der Waals surface area (Å²) in [5.41, 5.74) is 4.54. The van der Waals surface area contributed by atoms with Crippen molar-refractivity contribution in [2.45, 2.75) is 6.92 Å². The van der Waals surface area contributed by atoms with Crippen LogP contribution in [0.3, 0.4) is 0 Å². The number of oxazole rings is 1. The summed E-state index contributed by atoms with van der Waals surface area (Å²) in [6.07, 6.45) is 5.22. The minimum atomic E-state index is 0.749. The van der Waals surface area contributed by atoms with Crippen molar-refractivity contribution < 1.29 is 9.15 Å². The molecule has 0 bridgehead atoms. The molecule has 0 saturated carbocycles. The molecular weight excluding hydrogens is 350 g/mol. The maximum Gasteiger partial charge on any atom is 0.181 e. The normalized spacial score (nSPS) is 11.0. The van der Waals surface area contributed by atoms with E-state index in [0.29, 0.717) is 0 Å². The van der Waals surface area contributed by atoms with Gasteiger partial charge in [-0.05, 0) is 31.2 Å². The number of rotatable bonds is 4. The molecule has 0 radical (unpaired) electrons. The van der Waals surface area contributed by atoms with Gasteiger partial charge in [0.1, 0.15) is 17.1 Å². The van der Waals surface area contributed by atoms with E-state index in [4.69, 9.17) is 9.15 Å². The molecule has 0 amide bonds. The Morgan fingerprint density at radius 2 is 1.75 bits per heavy atom. The number of ether oxygens (including phenoxy) is 1. The zero-order valence-electron chi connectivity index (χ0n) is 15.2. The molecule has 1 N–H and O–H groups in total. The lowest BCUT2D eigenvalue weighted by atomic mass is 10.0. The molecule has 0 saturated heterocycles. The molecule has 5 nitrogen and oxygen atoms in total. The standard InChI is InChI=1S/C23H17N3O2/c1-15-22(27-14-26-15)20-13-25-23-19(20)11-16(12-24-23)18-9-5-6-10-21(18)28-17-7-3-2-4-8-17/h2-14H,1H3,(H,24,25). The van der Waals surface area contributed by atoms with Crippen molar-refractivity contribution in [1.82, 2.24) is 15.0 Å². The van der Waals surface area contributed by atoms with Crippen LogP contribution in [0.25, 0.3) is 33.5 Å². The number of hydrogen-bond donors (Lipinski definition) is 1.